The lowest BCUT2D eigenvalue weighted by Crippen LogP contribution is -2.10. The zero-order chi connectivity index (χ0) is 13.1. The quantitative estimate of drug-likeness (QED) is 0.873. The number of carboxylic acid groups (broad SMARTS) is 1. The highest BCUT2D eigenvalue weighted by Crippen LogP contribution is 2.28. The zero-order valence-electron chi connectivity index (χ0n) is 9.85. The molecule has 2 N–H and O–H groups in total. The van der Waals surface area contributed by atoms with Crippen LogP contribution in [0.4, 0.5) is 4.39 Å². The lowest BCUT2D eigenvalue weighted by Gasteiger charge is -2.14. The minimum atomic E-state index is -0.976. The number of hydrogen-bond donors (Lipinski definition) is 2. The van der Waals surface area contributed by atoms with Crippen molar-refractivity contribution in [1.82, 2.24) is 9.97 Å². The first-order valence-corrected chi connectivity index (χ1v) is 5.55. The van der Waals surface area contributed by atoms with E-state index in [4.69, 9.17) is 5.11 Å². The molecular formula is C13H13FN2O2. The van der Waals surface area contributed by atoms with Gasteiger partial charge in [0.05, 0.1) is 6.42 Å². The fraction of sp³-hybridized carbons (Fsp3) is 0.231. The van der Waals surface area contributed by atoms with Gasteiger partial charge in [-0.1, -0.05) is 18.2 Å². The van der Waals surface area contributed by atoms with Crippen LogP contribution < -0.4 is 0 Å². The van der Waals surface area contributed by atoms with E-state index in [2.05, 4.69) is 9.97 Å². The monoisotopic (exact) mass is 248 g/mol. The molecule has 0 aliphatic heterocycles. The van der Waals surface area contributed by atoms with Gasteiger partial charge < -0.3 is 10.1 Å². The fourth-order valence-corrected chi connectivity index (χ4v) is 1.94. The molecule has 0 aliphatic rings. The van der Waals surface area contributed by atoms with E-state index in [1.807, 2.05) is 0 Å². The van der Waals surface area contributed by atoms with Crippen LogP contribution in [0.2, 0.25) is 0 Å². The highest BCUT2D eigenvalue weighted by atomic mass is 19.1. The van der Waals surface area contributed by atoms with Gasteiger partial charge in [-0.2, -0.15) is 0 Å². The summed E-state index contributed by atoms with van der Waals surface area (Å²) < 4.78 is 13.8. The summed E-state index contributed by atoms with van der Waals surface area (Å²) in [5.41, 5.74) is 0.976. The summed E-state index contributed by atoms with van der Waals surface area (Å²) in [5.74, 6) is -1.26. The summed E-state index contributed by atoms with van der Waals surface area (Å²) in [6.07, 6.45) is 1.37. The molecule has 1 unspecified atom stereocenters. The topological polar surface area (TPSA) is 66.0 Å². The van der Waals surface area contributed by atoms with E-state index in [1.165, 1.54) is 6.07 Å². The Morgan fingerprint density at radius 2 is 2.22 bits per heavy atom. The number of aromatic amines is 1. The predicted octanol–water partition coefficient (Wildman–Crippen LogP) is 2.46. The normalized spacial score (nSPS) is 12.3. The third-order valence-corrected chi connectivity index (χ3v) is 2.76. The van der Waals surface area contributed by atoms with Gasteiger partial charge in [0.2, 0.25) is 0 Å². The molecule has 0 spiro atoms. The summed E-state index contributed by atoms with van der Waals surface area (Å²) in [7, 11) is 0. The molecule has 0 bridgehead atoms. The van der Waals surface area contributed by atoms with E-state index in [0.717, 1.165) is 0 Å². The van der Waals surface area contributed by atoms with Crippen LogP contribution in [-0.4, -0.2) is 21.0 Å². The molecule has 2 rings (SSSR count). The van der Waals surface area contributed by atoms with Gasteiger partial charge in [0.1, 0.15) is 11.6 Å². The minimum Gasteiger partial charge on any atom is -0.481 e. The van der Waals surface area contributed by atoms with Crippen LogP contribution in [0.15, 0.2) is 30.5 Å². The van der Waals surface area contributed by atoms with Crippen molar-refractivity contribution in [3.63, 3.8) is 0 Å². The molecule has 2 aromatic rings. The second kappa shape index (κ2) is 5.00. The van der Waals surface area contributed by atoms with Gasteiger partial charge in [-0.25, -0.2) is 9.37 Å². The van der Waals surface area contributed by atoms with Gasteiger partial charge in [0.25, 0.3) is 0 Å². The number of aliphatic carboxylic acids is 1. The molecule has 0 saturated heterocycles. The number of halogens is 1. The number of rotatable bonds is 4. The van der Waals surface area contributed by atoms with E-state index in [-0.39, 0.29) is 6.42 Å². The molecular weight excluding hydrogens is 235 g/mol. The summed E-state index contributed by atoms with van der Waals surface area (Å²) in [6.45, 7) is 1.77. The Morgan fingerprint density at radius 3 is 2.78 bits per heavy atom. The van der Waals surface area contributed by atoms with E-state index >= 15 is 0 Å². The molecule has 0 fully saturated rings. The first kappa shape index (κ1) is 12.3. The average Bonchev–Trinajstić information content (AvgIpc) is 2.73. The van der Waals surface area contributed by atoms with Crippen LogP contribution in [0, 0.1) is 12.7 Å². The molecule has 0 saturated carbocycles. The lowest BCUT2D eigenvalue weighted by molar-refractivity contribution is -0.137. The van der Waals surface area contributed by atoms with E-state index in [9.17, 15) is 9.18 Å². The van der Waals surface area contributed by atoms with Crippen LogP contribution in [0.3, 0.4) is 0 Å². The Balaban J connectivity index is 2.43. The van der Waals surface area contributed by atoms with E-state index in [0.29, 0.717) is 17.1 Å². The molecule has 94 valence electrons. The van der Waals surface area contributed by atoms with Gasteiger partial charge in [0.15, 0.2) is 0 Å². The Bertz CT molecular complexity index is 566. The molecule has 0 radical (unpaired) electrons. The summed E-state index contributed by atoms with van der Waals surface area (Å²) in [6, 6.07) is 6.19. The van der Waals surface area contributed by atoms with E-state index < -0.39 is 17.7 Å². The maximum absolute atomic E-state index is 13.8. The Hall–Kier alpha value is -2.17. The third-order valence-electron chi connectivity index (χ3n) is 2.76. The molecule has 0 aliphatic carbocycles. The molecule has 0 amide bonds. The third kappa shape index (κ3) is 2.56. The van der Waals surface area contributed by atoms with Gasteiger partial charge in [-0.15, -0.1) is 0 Å². The first-order chi connectivity index (χ1) is 8.58. The van der Waals surface area contributed by atoms with Crippen LogP contribution in [0.1, 0.15) is 29.4 Å². The number of aromatic nitrogens is 2. The number of nitrogens with zero attached hydrogens (tertiary/aromatic N) is 1. The number of imidazole rings is 1. The number of benzene rings is 1. The van der Waals surface area contributed by atoms with Gasteiger partial charge >= 0.3 is 5.97 Å². The number of aryl methyl sites for hydroxylation is 1. The van der Waals surface area contributed by atoms with E-state index in [1.54, 1.807) is 31.3 Å². The van der Waals surface area contributed by atoms with Crippen LogP contribution in [-0.2, 0) is 4.79 Å². The maximum atomic E-state index is 13.8. The SMILES string of the molecule is Cc1ncc(C(CC(=O)O)c2ccccc2F)[nH]1. The molecule has 1 aromatic heterocycles. The molecule has 1 atom stereocenters. The Labute approximate surface area is 103 Å². The summed E-state index contributed by atoms with van der Waals surface area (Å²) >= 11 is 0. The highest BCUT2D eigenvalue weighted by Gasteiger charge is 2.22. The van der Waals surface area contributed by atoms with Crippen molar-refractivity contribution in [2.75, 3.05) is 0 Å². The van der Waals surface area contributed by atoms with Crippen LogP contribution in [0.5, 0.6) is 0 Å². The molecule has 18 heavy (non-hydrogen) atoms. The molecule has 5 heteroatoms. The van der Waals surface area contributed by atoms with Crippen molar-refractivity contribution < 1.29 is 14.3 Å². The summed E-state index contributed by atoms with van der Waals surface area (Å²) in [5, 5.41) is 8.95. The van der Waals surface area contributed by atoms with Crippen LogP contribution >= 0.6 is 0 Å². The fourth-order valence-electron chi connectivity index (χ4n) is 1.94. The largest absolute Gasteiger partial charge is 0.481 e. The Kier molecular flexibility index (Phi) is 3.41. The standard InChI is InChI=1S/C13H13FN2O2/c1-8-15-7-12(16-8)10(6-13(17)18)9-4-2-3-5-11(9)14/h2-5,7,10H,6H2,1H3,(H,15,16)(H,17,18). The van der Waals surface area contributed by atoms with Gasteiger partial charge in [0, 0.05) is 17.8 Å². The van der Waals surface area contributed by atoms with Crippen molar-refractivity contribution in [1.29, 1.82) is 0 Å². The van der Waals surface area contributed by atoms with Crippen molar-refractivity contribution in [2.45, 2.75) is 19.3 Å². The van der Waals surface area contributed by atoms with Crippen molar-refractivity contribution in [2.24, 2.45) is 0 Å². The number of nitrogens with one attached hydrogen (secondary N) is 1. The average molecular weight is 248 g/mol. The number of carboxylic acids is 1. The Morgan fingerprint density at radius 1 is 1.50 bits per heavy atom. The number of carbonyl (C=O) groups is 1. The predicted molar refractivity (Wildman–Crippen MR) is 63.8 cm³/mol. The highest BCUT2D eigenvalue weighted by molar-refractivity contribution is 5.68. The number of H-pyrrole nitrogens is 1. The maximum Gasteiger partial charge on any atom is 0.304 e. The van der Waals surface area contributed by atoms with Gasteiger partial charge in [-0.3, -0.25) is 4.79 Å². The molecule has 1 aromatic carbocycles. The van der Waals surface area contributed by atoms with Crippen molar-refractivity contribution in [3.05, 3.63) is 53.4 Å². The second-order valence-corrected chi connectivity index (χ2v) is 4.10. The molecule has 1 heterocycles. The summed E-state index contributed by atoms with van der Waals surface area (Å²) in [4.78, 5) is 17.9. The van der Waals surface area contributed by atoms with Crippen molar-refractivity contribution >= 4 is 5.97 Å². The lowest BCUT2D eigenvalue weighted by atomic mass is 9.92. The van der Waals surface area contributed by atoms with Crippen LogP contribution in [0.25, 0.3) is 0 Å². The van der Waals surface area contributed by atoms with Crippen molar-refractivity contribution in [3.8, 4) is 0 Å². The van der Waals surface area contributed by atoms with Gasteiger partial charge in [-0.05, 0) is 18.6 Å². The second-order valence-electron chi connectivity index (χ2n) is 4.10. The zero-order valence-corrected chi connectivity index (χ0v) is 9.85. The molecule has 4 nitrogen and oxygen atoms in total. The minimum absolute atomic E-state index is 0.178. The first-order valence-electron chi connectivity index (χ1n) is 5.55. The number of hydrogen-bond acceptors (Lipinski definition) is 2. The smallest absolute Gasteiger partial charge is 0.304 e.